The van der Waals surface area contributed by atoms with Crippen molar-refractivity contribution < 1.29 is 19.2 Å². The second-order valence-electron chi connectivity index (χ2n) is 4.19. The van der Waals surface area contributed by atoms with Crippen LogP contribution < -0.4 is 11.1 Å². The van der Waals surface area contributed by atoms with Crippen molar-refractivity contribution in [3.63, 3.8) is 0 Å². The third-order valence-electron chi connectivity index (χ3n) is 2.82. The van der Waals surface area contributed by atoms with Crippen molar-refractivity contribution in [2.45, 2.75) is 39.2 Å². The quantitative estimate of drug-likeness (QED) is 0.751. The van der Waals surface area contributed by atoms with E-state index in [1.54, 1.807) is 6.07 Å². The Morgan fingerprint density at radius 3 is 2.10 bits per heavy atom. The summed E-state index contributed by atoms with van der Waals surface area (Å²) in [5, 5.41) is 2.64. The highest BCUT2D eigenvalue weighted by atomic mass is 14.9. The maximum absolute atomic E-state index is 8.60. The van der Waals surface area contributed by atoms with Gasteiger partial charge in [-0.2, -0.15) is 0 Å². The molecule has 0 aromatic heterocycles. The van der Waals surface area contributed by atoms with Crippen molar-refractivity contribution in [1.29, 1.82) is 0 Å². The van der Waals surface area contributed by atoms with Gasteiger partial charge in [-0.05, 0) is 35.0 Å². The van der Waals surface area contributed by atoms with Crippen LogP contribution in [0.15, 0.2) is 42.5 Å². The molecule has 2 rings (SSSR count). The lowest BCUT2D eigenvalue weighted by atomic mass is 9.92. The molecule has 0 aliphatic carbocycles. The Bertz CT molecular complexity index is 948. The van der Waals surface area contributed by atoms with E-state index in [1.807, 2.05) is 0 Å². The number of nitrogens with two attached hydrogens (primary N) is 1. The standard InChI is InChI=1S/C18H24N2/c1-12(2)14-8-7-9-15(13(3)4)18(14)20-17-11-6-5-10-16(17)19/h5-13,20H,19H2,1-4H3/i1D3,2D3,3D3,4D3,12D,13D. The van der Waals surface area contributed by atoms with Crippen molar-refractivity contribution >= 4 is 17.1 Å². The Hall–Kier alpha value is -1.96. The highest BCUT2D eigenvalue weighted by molar-refractivity contribution is 5.76. The molecule has 2 heteroatoms. The molecule has 2 aromatic carbocycles. The van der Waals surface area contributed by atoms with E-state index in [0.717, 1.165) is 18.2 Å². The predicted octanol–water partition coefficient (Wildman–Crippen LogP) is 5.26. The van der Waals surface area contributed by atoms with E-state index in [9.17, 15) is 0 Å². The van der Waals surface area contributed by atoms with Crippen LogP contribution in [-0.2, 0) is 0 Å². The minimum absolute atomic E-state index is 0.0630. The van der Waals surface area contributed by atoms with Gasteiger partial charge in [0.25, 0.3) is 0 Å². The zero-order chi connectivity index (χ0) is 26.5. The molecule has 2 aromatic rings. The summed E-state index contributed by atoms with van der Waals surface area (Å²) >= 11 is 0. The smallest absolute Gasteiger partial charge is 0.0618 e. The zero-order valence-electron chi connectivity index (χ0n) is 24.6. The first-order valence-corrected chi connectivity index (χ1v) is 5.86. The van der Waals surface area contributed by atoms with Crippen LogP contribution >= 0.6 is 0 Å². The van der Waals surface area contributed by atoms with Gasteiger partial charge >= 0.3 is 0 Å². The largest absolute Gasteiger partial charge is 0.397 e. The second kappa shape index (κ2) is 6.00. The van der Waals surface area contributed by atoms with Gasteiger partial charge < -0.3 is 11.1 Å². The summed E-state index contributed by atoms with van der Waals surface area (Å²) in [6.07, 6.45) is 0. The van der Waals surface area contributed by atoms with Gasteiger partial charge in [0.15, 0.2) is 0 Å². The summed E-state index contributed by atoms with van der Waals surface area (Å²) in [5.74, 6) is -6.63. The summed E-state index contributed by atoms with van der Waals surface area (Å²) in [6.45, 7) is -13.8. The normalized spacial score (nSPS) is 25.0. The molecule has 106 valence electrons. The number of rotatable bonds is 4. The van der Waals surface area contributed by atoms with Crippen LogP contribution in [0.25, 0.3) is 0 Å². The summed E-state index contributed by atoms with van der Waals surface area (Å²) in [7, 11) is 0. The molecule has 0 saturated carbocycles. The number of benzene rings is 2. The van der Waals surface area contributed by atoms with E-state index in [0.29, 0.717) is 0 Å². The molecule has 0 aliphatic rings. The maximum Gasteiger partial charge on any atom is 0.0618 e. The third-order valence-corrected chi connectivity index (χ3v) is 2.82. The van der Waals surface area contributed by atoms with Crippen LogP contribution in [0.1, 0.15) is 69.5 Å². The number of anilines is 3. The molecule has 0 bridgehead atoms. The highest BCUT2D eigenvalue weighted by Gasteiger charge is 2.14. The van der Waals surface area contributed by atoms with Crippen molar-refractivity contribution in [3.05, 3.63) is 53.6 Å². The van der Waals surface area contributed by atoms with Gasteiger partial charge in [-0.15, -0.1) is 0 Å². The average Bonchev–Trinajstić information content (AvgIpc) is 2.65. The molecular formula is C18H24N2. The summed E-state index contributed by atoms with van der Waals surface area (Å²) in [4.78, 5) is 0. The molecule has 0 heterocycles. The van der Waals surface area contributed by atoms with Gasteiger partial charge in [0.05, 0.1) is 11.4 Å². The molecule has 0 aliphatic heterocycles. The molecule has 0 atom stereocenters. The van der Waals surface area contributed by atoms with E-state index in [1.165, 1.54) is 18.2 Å². The van der Waals surface area contributed by atoms with E-state index in [-0.39, 0.29) is 11.4 Å². The van der Waals surface area contributed by atoms with Crippen molar-refractivity contribution in [2.24, 2.45) is 0 Å². The van der Waals surface area contributed by atoms with E-state index in [4.69, 9.17) is 24.9 Å². The highest BCUT2D eigenvalue weighted by Crippen LogP contribution is 2.35. The number of hydrogen-bond acceptors (Lipinski definition) is 2. The first kappa shape index (κ1) is 4.80. The monoisotopic (exact) mass is 282 g/mol. The maximum atomic E-state index is 8.60. The Morgan fingerprint density at radius 2 is 1.55 bits per heavy atom. The molecule has 3 N–H and O–H groups in total. The summed E-state index contributed by atoms with van der Waals surface area (Å²) in [5.41, 5.74) is 4.02. The Balaban J connectivity index is 3.10. The fraction of sp³-hybridized carbons (Fsp3) is 0.333. The number of para-hydroxylation sites is 3. The molecule has 0 amide bonds. The topological polar surface area (TPSA) is 38.0 Å². The SMILES string of the molecule is [2H]C([2H])([2H])C([2H])(c1cccc(C([2H])(C([2H])([2H])[2H])C([2H])([2H])[2H])c1Nc1ccccc1N)C([2H])([2H])[2H]. The van der Waals surface area contributed by atoms with Gasteiger partial charge in [0.1, 0.15) is 0 Å². The lowest BCUT2D eigenvalue weighted by Crippen LogP contribution is -2.05. The van der Waals surface area contributed by atoms with E-state index in [2.05, 4.69) is 5.32 Å². The fourth-order valence-corrected chi connectivity index (χ4v) is 1.85. The van der Waals surface area contributed by atoms with Crippen molar-refractivity contribution in [3.8, 4) is 0 Å². The van der Waals surface area contributed by atoms with Crippen molar-refractivity contribution in [1.82, 2.24) is 0 Å². The van der Waals surface area contributed by atoms with Gasteiger partial charge in [-0.25, -0.2) is 0 Å². The number of nitrogens with one attached hydrogen (secondary N) is 1. The van der Waals surface area contributed by atoms with Crippen LogP contribution in [-0.4, -0.2) is 0 Å². The molecule has 0 fully saturated rings. The molecule has 0 saturated heterocycles. The summed E-state index contributed by atoms with van der Waals surface area (Å²) < 4.78 is 111. The first-order valence-electron chi connectivity index (χ1n) is 12.9. The van der Waals surface area contributed by atoms with Crippen LogP contribution in [0.5, 0.6) is 0 Å². The average molecular weight is 282 g/mol. The lowest BCUT2D eigenvalue weighted by molar-refractivity contribution is 0.838. The Labute approximate surface area is 141 Å². The fourth-order valence-electron chi connectivity index (χ4n) is 1.85. The zero-order valence-corrected chi connectivity index (χ0v) is 10.6. The minimum Gasteiger partial charge on any atom is -0.397 e. The minimum atomic E-state index is -3.46. The second-order valence-corrected chi connectivity index (χ2v) is 4.19. The van der Waals surface area contributed by atoms with Crippen molar-refractivity contribution in [2.75, 3.05) is 11.1 Å². The Kier molecular flexibility index (Phi) is 1.44. The molecule has 0 unspecified atom stereocenters. The van der Waals surface area contributed by atoms with Gasteiger partial charge in [-0.1, -0.05) is 57.7 Å². The lowest BCUT2D eigenvalue weighted by Gasteiger charge is -2.21. The number of nitrogen functional groups attached to an aromatic ring is 1. The van der Waals surface area contributed by atoms with E-state index >= 15 is 0 Å². The first-order chi connectivity index (χ1) is 15.1. The van der Waals surface area contributed by atoms with Gasteiger partial charge in [-0.3, -0.25) is 0 Å². The molecule has 20 heavy (non-hydrogen) atoms. The summed E-state index contributed by atoms with van der Waals surface area (Å²) in [6, 6.07) is 8.92. The van der Waals surface area contributed by atoms with Crippen LogP contribution in [0.2, 0.25) is 0 Å². The third kappa shape index (κ3) is 2.96. The molecule has 0 spiro atoms. The van der Waals surface area contributed by atoms with Gasteiger partial charge in [0, 0.05) is 24.9 Å². The number of hydrogen-bond donors (Lipinski definition) is 2. The molecule has 0 radical (unpaired) electrons. The Morgan fingerprint density at radius 1 is 0.950 bits per heavy atom. The van der Waals surface area contributed by atoms with E-state index < -0.39 is 56.0 Å². The van der Waals surface area contributed by atoms with Crippen LogP contribution in [0.3, 0.4) is 0 Å². The van der Waals surface area contributed by atoms with Crippen LogP contribution in [0, 0.1) is 0 Å². The van der Waals surface area contributed by atoms with Gasteiger partial charge in [0.2, 0.25) is 0 Å². The predicted molar refractivity (Wildman–Crippen MR) is 88.8 cm³/mol. The van der Waals surface area contributed by atoms with Crippen LogP contribution in [0.4, 0.5) is 17.1 Å². The molecule has 2 nitrogen and oxygen atoms in total. The molecular weight excluding hydrogens is 244 g/mol.